The zero-order valence-electron chi connectivity index (χ0n) is 18.9. The predicted octanol–water partition coefficient (Wildman–Crippen LogP) is 3.62. The van der Waals surface area contributed by atoms with Crippen LogP contribution in [-0.2, 0) is 0 Å². The topological polar surface area (TPSA) is 119 Å². The molecule has 1 aliphatic heterocycles. The van der Waals surface area contributed by atoms with Crippen molar-refractivity contribution in [1.29, 1.82) is 15.8 Å². The van der Waals surface area contributed by atoms with E-state index in [1.807, 2.05) is 32.1 Å². The lowest BCUT2D eigenvalue weighted by atomic mass is 9.58. The van der Waals surface area contributed by atoms with Crippen LogP contribution in [0.15, 0.2) is 41.1 Å². The fraction of sp³-hybridized carbons (Fsp3) is 0.480. The van der Waals surface area contributed by atoms with E-state index < -0.39 is 11.3 Å². The largest absolute Gasteiger partial charge is 0.494 e. The highest BCUT2D eigenvalue weighted by Crippen LogP contribution is 2.56. The molecular weight excluding hydrogens is 402 g/mol. The molecule has 0 fully saturated rings. The molecule has 1 aromatic carbocycles. The van der Waals surface area contributed by atoms with E-state index in [9.17, 15) is 15.8 Å². The maximum atomic E-state index is 10.3. The summed E-state index contributed by atoms with van der Waals surface area (Å²) >= 11 is 0. The molecule has 0 saturated heterocycles. The van der Waals surface area contributed by atoms with Gasteiger partial charge in [-0.3, -0.25) is 4.90 Å². The Balaban J connectivity index is 2.28. The van der Waals surface area contributed by atoms with Crippen LogP contribution in [0.4, 0.5) is 0 Å². The average Bonchev–Trinajstić information content (AvgIpc) is 2.80. The van der Waals surface area contributed by atoms with Crippen LogP contribution in [0.5, 0.6) is 11.5 Å². The summed E-state index contributed by atoms with van der Waals surface area (Å²) < 4.78 is 11.6. The molecule has 0 spiro atoms. The standard InChI is InChI=1S/C25H29N5O2/c1-4-10-30-11-9-18-20(13-26)24(29)25(15-27,16-28)23(21(18)14-30)19-8-7-17(31-5-2)12-22(19)32-6-3/h7-9,12,21,23H,4-6,10-11,14,29H2,1-3H3. The lowest BCUT2D eigenvalue weighted by Crippen LogP contribution is -2.48. The third kappa shape index (κ3) is 3.79. The highest BCUT2D eigenvalue weighted by molar-refractivity contribution is 5.61. The third-order valence-corrected chi connectivity index (χ3v) is 6.21. The number of allylic oxidation sites excluding steroid dienone is 2. The third-order valence-electron chi connectivity index (χ3n) is 6.21. The van der Waals surface area contributed by atoms with Crippen LogP contribution in [-0.4, -0.2) is 37.7 Å². The van der Waals surface area contributed by atoms with Gasteiger partial charge in [0.15, 0.2) is 5.41 Å². The van der Waals surface area contributed by atoms with E-state index in [1.54, 1.807) is 6.07 Å². The molecule has 2 atom stereocenters. The number of rotatable bonds is 7. The Hall–Kier alpha value is -3.47. The van der Waals surface area contributed by atoms with E-state index in [4.69, 9.17) is 15.2 Å². The van der Waals surface area contributed by atoms with E-state index in [0.29, 0.717) is 37.8 Å². The van der Waals surface area contributed by atoms with Crippen molar-refractivity contribution in [3.63, 3.8) is 0 Å². The number of nitrogens with two attached hydrogens (primary N) is 1. The Morgan fingerprint density at radius 2 is 1.84 bits per heavy atom. The Labute approximate surface area is 189 Å². The lowest BCUT2D eigenvalue weighted by Gasteiger charge is -2.45. The number of ether oxygens (including phenoxy) is 2. The predicted molar refractivity (Wildman–Crippen MR) is 120 cm³/mol. The first-order valence-corrected chi connectivity index (χ1v) is 11.1. The van der Waals surface area contributed by atoms with E-state index in [0.717, 1.165) is 24.1 Å². The summed E-state index contributed by atoms with van der Waals surface area (Å²) in [5.41, 5.74) is 6.57. The first kappa shape index (κ1) is 23.2. The summed E-state index contributed by atoms with van der Waals surface area (Å²) in [7, 11) is 0. The second kappa shape index (κ2) is 9.77. The molecule has 32 heavy (non-hydrogen) atoms. The molecule has 1 heterocycles. The van der Waals surface area contributed by atoms with Crippen molar-refractivity contribution < 1.29 is 9.47 Å². The maximum absolute atomic E-state index is 10.3. The second-order valence-electron chi connectivity index (χ2n) is 8.00. The molecule has 0 amide bonds. The van der Waals surface area contributed by atoms with Crippen LogP contribution >= 0.6 is 0 Å². The lowest BCUT2D eigenvalue weighted by molar-refractivity contribution is 0.204. The van der Waals surface area contributed by atoms with Gasteiger partial charge in [0.25, 0.3) is 0 Å². The Morgan fingerprint density at radius 1 is 1.12 bits per heavy atom. The molecule has 0 bridgehead atoms. The van der Waals surface area contributed by atoms with Gasteiger partial charge in [0.05, 0.1) is 36.6 Å². The van der Waals surface area contributed by atoms with Gasteiger partial charge in [-0.05, 0) is 38.5 Å². The van der Waals surface area contributed by atoms with Crippen molar-refractivity contribution in [2.24, 2.45) is 17.1 Å². The molecule has 0 saturated carbocycles. The SMILES string of the molecule is CCCN1CC=C2C(C#N)=C(N)C(C#N)(C#N)C(c3ccc(OCC)cc3OCC)C2C1. The summed E-state index contributed by atoms with van der Waals surface area (Å²) in [6.07, 6.45) is 3.01. The monoisotopic (exact) mass is 431 g/mol. The van der Waals surface area contributed by atoms with Crippen molar-refractivity contribution in [2.75, 3.05) is 32.8 Å². The van der Waals surface area contributed by atoms with Gasteiger partial charge in [0.1, 0.15) is 17.6 Å². The first-order valence-electron chi connectivity index (χ1n) is 11.1. The highest BCUT2D eigenvalue weighted by Gasteiger charge is 2.55. The van der Waals surface area contributed by atoms with Crippen molar-refractivity contribution >= 4 is 0 Å². The molecule has 2 aliphatic rings. The van der Waals surface area contributed by atoms with Gasteiger partial charge in [0, 0.05) is 36.6 Å². The minimum absolute atomic E-state index is 0.0257. The van der Waals surface area contributed by atoms with Crippen LogP contribution in [0.1, 0.15) is 38.7 Å². The van der Waals surface area contributed by atoms with Gasteiger partial charge >= 0.3 is 0 Å². The summed E-state index contributed by atoms with van der Waals surface area (Å²) in [5, 5.41) is 30.4. The molecular formula is C25H29N5O2. The highest BCUT2D eigenvalue weighted by atomic mass is 16.5. The summed E-state index contributed by atoms with van der Waals surface area (Å²) in [5.74, 6) is 0.396. The Bertz CT molecular complexity index is 1040. The van der Waals surface area contributed by atoms with Crippen LogP contribution in [0.3, 0.4) is 0 Å². The Morgan fingerprint density at radius 3 is 2.44 bits per heavy atom. The summed E-state index contributed by atoms with van der Waals surface area (Å²) in [6, 6.07) is 12.1. The van der Waals surface area contributed by atoms with Gasteiger partial charge in [-0.25, -0.2) is 0 Å². The Kier molecular flexibility index (Phi) is 7.08. The number of nitrogens with zero attached hydrogens (tertiary/aromatic N) is 4. The quantitative estimate of drug-likeness (QED) is 0.700. The van der Waals surface area contributed by atoms with Crippen molar-refractivity contribution in [3.05, 3.63) is 46.7 Å². The zero-order chi connectivity index (χ0) is 23.3. The van der Waals surface area contributed by atoms with Gasteiger partial charge in [-0.1, -0.05) is 19.1 Å². The van der Waals surface area contributed by atoms with Crippen LogP contribution < -0.4 is 15.2 Å². The van der Waals surface area contributed by atoms with Crippen molar-refractivity contribution in [2.45, 2.75) is 33.1 Å². The van der Waals surface area contributed by atoms with Crippen LogP contribution in [0.25, 0.3) is 0 Å². The molecule has 3 rings (SSSR count). The number of nitriles is 3. The zero-order valence-corrected chi connectivity index (χ0v) is 18.9. The molecule has 7 heteroatoms. The minimum Gasteiger partial charge on any atom is -0.494 e. The smallest absolute Gasteiger partial charge is 0.191 e. The van der Waals surface area contributed by atoms with Gasteiger partial charge in [-0.15, -0.1) is 0 Å². The van der Waals surface area contributed by atoms with Gasteiger partial charge < -0.3 is 15.2 Å². The molecule has 7 nitrogen and oxygen atoms in total. The van der Waals surface area contributed by atoms with E-state index >= 15 is 0 Å². The summed E-state index contributed by atoms with van der Waals surface area (Å²) in [6.45, 7) is 9.07. The molecule has 0 radical (unpaired) electrons. The number of fused-ring (bicyclic) bond motifs is 1. The second-order valence-corrected chi connectivity index (χ2v) is 8.00. The van der Waals surface area contributed by atoms with Crippen LogP contribution in [0, 0.1) is 45.3 Å². The normalized spacial score (nSPS) is 22.1. The van der Waals surface area contributed by atoms with Gasteiger partial charge in [-0.2, -0.15) is 15.8 Å². The average molecular weight is 432 g/mol. The van der Waals surface area contributed by atoms with Crippen molar-refractivity contribution in [1.82, 2.24) is 4.90 Å². The van der Waals surface area contributed by atoms with Crippen LogP contribution in [0.2, 0.25) is 0 Å². The molecule has 1 aliphatic carbocycles. The fourth-order valence-electron chi connectivity index (χ4n) is 4.89. The molecule has 2 N–H and O–H groups in total. The summed E-state index contributed by atoms with van der Waals surface area (Å²) in [4.78, 5) is 2.28. The molecule has 0 aromatic heterocycles. The maximum Gasteiger partial charge on any atom is 0.191 e. The first-order chi connectivity index (χ1) is 15.5. The van der Waals surface area contributed by atoms with E-state index in [2.05, 4.69) is 30.0 Å². The van der Waals surface area contributed by atoms with Gasteiger partial charge in [0.2, 0.25) is 0 Å². The molecule has 2 unspecified atom stereocenters. The number of benzene rings is 1. The molecule has 166 valence electrons. The number of hydrogen-bond acceptors (Lipinski definition) is 7. The molecule has 1 aromatic rings. The minimum atomic E-state index is -1.68. The fourth-order valence-corrected chi connectivity index (χ4v) is 4.89. The number of hydrogen-bond donors (Lipinski definition) is 1. The van der Waals surface area contributed by atoms with Crippen molar-refractivity contribution in [3.8, 4) is 29.7 Å². The van der Waals surface area contributed by atoms with E-state index in [-0.39, 0.29) is 17.2 Å². The van der Waals surface area contributed by atoms with E-state index in [1.165, 1.54) is 0 Å².